The number of nitrogens with one attached hydrogen (secondary N) is 1. The molecule has 1 aromatic heterocycles. The highest BCUT2D eigenvalue weighted by atomic mass is 16.5. The zero-order valence-electron chi connectivity index (χ0n) is 15.4. The number of nitrogens with zero attached hydrogens (tertiary/aromatic N) is 4. The van der Waals surface area contributed by atoms with Crippen molar-refractivity contribution < 1.29 is 4.74 Å². The van der Waals surface area contributed by atoms with E-state index >= 15 is 0 Å². The largest absolute Gasteiger partial charge is 0.495 e. The second-order valence-electron chi connectivity index (χ2n) is 7.01. The van der Waals surface area contributed by atoms with Gasteiger partial charge in [-0.1, -0.05) is 25.0 Å². The summed E-state index contributed by atoms with van der Waals surface area (Å²) >= 11 is 0. The zero-order valence-corrected chi connectivity index (χ0v) is 15.4. The van der Waals surface area contributed by atoms with Crippen LogP contribution in [0.25, 0.3) is 0 Å². The molecule has 6 nitrogen and oxygen atoms in total. The Hall–Kier alpha value is -2.50. The fourth-order valence-electron chi connectivity index (χ4n) is 3.90. The summed E-state index contributed by atoms with van der Waals surface area (Å²) in [5.74, 6) is 2.71. The van der Waals surface area contributed by atoms with Gasteiger partial charge in [-0.2, -0.15) is 4.98 Å². The number of hydrogen-bond donors (Lipinski definition) is 1. The Bertz CT molecular complexity index is 724. The third-order valence-electron chi connectivity index (χ3n) is 5.34. The molecule has 4 rings (SSSR count). The fourth-order valence-corrected chi connectivity index (χ4v) is 3.90. The lowest BCUT2D eigenvalue weighted by atomic mass is 10.2. The van der Waals surface area contributed by atoms with Gasteiger partial charge in [-0.3, -0.25) is 0 Å². The van der Waals surface area contributed by atoms with Gasteiger partial charge < -0.3 is 19.9 Å². The van der Waals surface area contributed by atoms with E-state index in [1.165, 1.54) is 25.7 Å². The predicted octanol–water partition coefficient (Wildman–Crippen LogP) is 3.17. The molecule has 1 aliphatic carbocycles. The highest BCUT2D eigenvalue weighted by Crippen LogP contribution is 2.29. The molecule has 1 aliphatic heterocycles. The Morgan fingerprint density at radius 2 is 1.73 bits per heavy atom. The first kappa shape index (κ1) is 16.9. The maximum atomic E-state index is 5.50. The second kappa shape index (κ2) is 7.81. The first-order chi connectivity index (χ1) is 12.8. The molecule has 2 aliphatic rings. The van der Waals surface area contributed by atoms with E-state index in [-0.39, 0.29) is 0 Å². The van der Waals surface area contributed by atoms with Crippen LogP contribution >= 0.6 is 0 Å². The van der Waals surface area contributed by atoms with Crippen molar-refractivity contribution in [2.75, 3.05) is 48.4 Å². The van der Waals surface area contributed by atoms with E-state index in [4.69, 9.17) is 9.72 Å². The van der Waals surface area contributed by atoms with E-state index in [1.807, 2.05) is 24.4 Å². The van der Waals surface area contributed by atoms with Crippen molar-refractivity contribution in [3.8, 4) is 5.75 Å². The SMILES string of the molecule is COc1ccccc1N1CCN(c2nccc(NC3CCCC3)n2)CC1. The number of aromatic nitrogens is 2. The van der Waals surface area contributed by atoms with Gasteiger partial charge in [0.15, 0.2) is 0 Å². The van der Waals surface area contributed by atoms with Gasteiger partial charge in [-0.05, 0) is 31.0 Å². The molecule has 138 valence electrons. The van der Waals surface area contributed by atoms with Crippen LogP contribution in [0.1, 0.15) is 25.7 Å². The number of anilines is 3. The lowest BCUT2D eigenvalue weighted by molar-refractivity contribution is 0.413. The Morgan fingerprint density at radius 1 is 1.00 bits per heavy atom. The lowest BCUT2D eigenvalue weighted by Crippen LogP contribution is -2.47. The van der Waals surface area contributed by atoms with Gasteiger partial charge in [0.1, 0.15) is 11.6 Å². The van der Waals surface area contributed by atoms with Gasteiger partial charge >= 0.3 is 0 Å². The molecule has 0 bridgehead atoms. The van der Waals surface area contributed by atoms with Crippen LogP contribution in [0.15, 0.2) is 36.5 Å². The molecule has 2 aromatic rings. The molecule has 1 saturated carbocycles. The van der Waals surface area contributed by atoms with Crippen LogP contribution in [0.3, 0.4) is 0 Å². The van der Waals surface area contributed by atoms with Crippen molar-refractivity contribution in [1.29, 1.82) is 0 Å². The molecule has 1 N–H and O–H groups in total. The zero-order chi connectivity index (χ0) is 17.8. The quantitative estimate of drug-likeness (QED) is 0.891. The van der Waals surface area contributed by atoms with Crippen molar-refractivity contribution >= 4 is 17.5 Å². The van der Waals surface area contributed by atoms with E-state index in [2.05, 4.69) is 32.2 Å². The molecular formula is C20H27N5O. The summed E-state index contributed by atoms with van der Waals surface area (Å²) < 4.78 is 5.50. The highest BCUT2D eigenvalue weighted by Gasteiger charge is 2.22. The summed E-state index contributed by atoms with van der Waals surface area (Å²) in [5.41, 5.74) is 1.16. The van der Waals surface area contributed by atoms with Crippen LogP contribution in [-0.4, -0.2) is 49.3 Å². The van der Waals surface area contributed by atoms with E-state index in [1.54, 1.807) is 7.11 Å². The summed E-state index contributed by atoms with van der Waals surface area (Å²) in [5, 5.41) is 3.57. The first-order valence-electron chi connectivity index (χ1n) is 9.56. The third-order valence-corrected chi connectivity index (χ3v) is 5.34. The first-order valence-corrected chi connectivity index (χ1v) is 9.56. The van der Waals surface area contributed by atoms with Crippen molar-refractivity contribution in [2.45, 2.75) is 31.7 Å². The van der Waals surface area contributed by atoms with Gasteiger partial charge in [0.2, 0.25) is 5.95 Å². The Morgan fingerprint density at radius 3 is 2.50 bits per heavy atom. The average molecular weight is 353 g/mol. The number of ether oxygens (including phenoxy) is 1. The number of hydrogen-bond acceptors (Lipinski definition) is 6. The number of benzene rings is 1. The molecule has 0 amide bonds. The summed E-state index contributed by atoms with van der Waals surface area (Å²) in [4.78, 5) is 13.9. The topological polar surface area (TPSA) is 53.5 Å². The molecule has 0 unspecified atom stereocenters. The Balaban J connectivity index is 1.40. The van der Waals surface area contributed by atoms with Gasteiger partial charge in [0, 0.05) is 38.4 Å². The number of rotatable bonds is 5. The van der Waals surface area contributed by atoms with E-state index < -0.39 is 0 Å². The minimum absolute atomic E-state index is 0.570. The molecule has 26 heavy (non-hydrogen) atoms. The fraction of sp³-hybridized carbons (Fsp3) is 0.500. The monoisotopic (exact) mass is 353 g/mol. The minimum Gasteiger partial charge on any atom is -0.495 e. The molecule has 2 fully saturated rings. The molecule has 1 saturated heterocycles. The summed E-state index contributed by atoms with van der Waals surface area (Å²) in [7, 11) is 1.73. The molecule has 2 heterocycles. The highest BCUT2D eigenvalue weighted by molar-refractivity contribution is 5.59. The molecule has 0 atom stereocenters. The molecular weight excluding hydrogens is 326 g/mol. The van der Waals surface area contributed by atoms with Gasteiger partial charge in [-0.15, -0.1) is 0 Å². The van der Waals surface area contributed by atoms with Crippen molar-refractivity contribution in [3.05, 3.63) is 36.5 Å². The van der Waals surface area contributed by atoms with Crippen LogP contribution in [-0.2, 0) is 0 Å². The minimum atomic E-state index is 0.570. The lowest BCUT2D eigenvalue weighted by Gasteiger charge is -2.36. The summed E-state index contributed by atoms with van der Waals surface area (Å²) in [6, 6.07) is 10.8. The summed E-state index contributed by atoms with van der Waals surface area (Å²) in [6.45, 7) is 3.68. The van der Waals surface area contributed by atoms with E-state index in [9.17, 15) is 0 Å². The average Bonchev–Trinajstić information content (AvgIpc) is 3.21. The standard InChI is InChI=1S/C20H27N5O/c1-26-18-9-5-4-8-17(18)24-12-14-25(15-13-24)20-21-11-10-19(23-20)22-16-6-2-3-7-16/h4-5,8-11,16H,2-3,6-7,12-15H2,1H3,(H,21,22,23). The van der Waals surface area contributed by atoms with Gasteiger partial charge in [0.05, 0.1) is 12.8 Å². The Kier molecular flexibility index (Phi) is 5.09. The molecule has 1 aromatic carbocycles. The molecule has 0 spiro atoms. The van der Waals surface area contributed by atoms with Crippen LogP contribution < -0.4 is 19.9 Å². The van der Waals surface area contributed by atoms with E-state index in [0.717, 1.165) is 49.4 Å². The maximum absolute atomic E-state index is 5.50. The van der Waals surface area contributed by atoms with Gasteiger partial charge in [0.25, 0.3) is 0 Å². The maximum Gasteiger partial charge on any atom is 0.227 e. The number of piperazine rings is 1. The van der Waals surface area contributed by atoms with Crippen molar-refractivity contribution in [3.63, 3.8) is 0 Å². The smallest absolute Gasteiger partial charge is 0.227 e. The number of methoxy groups -OCH3 is 1. The van der Waals surface area contributed by atoms with E-state index in [0.29, 0.717) is 6.04 Å². The second-order valence-corrected chi connectivity index (χ2v) is 7.01. The summed E-state index contributed by atoms with van der Waals surface area (Å²) in [6.07, 6.45) is 7.00. The molecule has 0 radical (unpaired) electrons. The molecule has 6 heteroatoms. The Labute approximate surface area is 155 Å². The third kappa shape index (κ3) is 3.69. The number of para-hydroxylation sites is 2. The van der Waals surface area contributed by atoms with Crippen LogP contribution in [0.4, 0.5) is 17.5 Å². The van der Waals surface area contributed by atoms with Crippen LogP contribution in [0, 0.1) is 0 Å². The van der Waals surface area contributed by atoms with Crippen LogP contribution in [0.5, 0.6) is 5.75 Å². The van der Waals surface area contributed by atoms with Crippen molar-refractivity contribution in [2.24, 2.45) is 0 Å². The predicted molar refractivity (Wildman–Crippen MR) is 105 cm³/mol. The van der Waals surface area contributed by atoms with Crippen LogP contribution in [0.2, 0.25) is 0 Å². The van der Waals surface area contributed by atoms with Gasteiger partial charge in [-0.25, -0.2) is 4.98 Å². The van der Waals surface area contributed by atoms with Crippen molar-refractivity contribution in [1.82, 2.24) is 9.97 Å². The normalized spacial score (nSPS) is 18.2.